The molecule has 0 aromatic heterocycles. The van der Waals surface area contributed by atoms with Gasteiger partial charge in [0, 0.05) is 25.7 Å². The maximum atomic E-state index is 5.81. The number of nitrogens with zero attached hydrogens (tertiary/aromatic N) is 1. The molecule has 1 aromatic carbocycles. The smallest absolute Gasteiger partial charge is 0.133 e. The van der Waals surface area contributed by atoms with Crippen LogP contribution in [0.1, 0.15) is 5.56 Å². The Hall–Kier alpha value is -0.620. The van der Waals surface area contributed by atoms with Gasteiger partial charge in [0.1, 0.15) is 5.75 Å². The monoisotopic (exact) mass is 301 g/mol. The average molecular weight is 302 g/mol. The van der Waals surface area contributed by atoms with E-state index in [-0.39, 0.29) is 6.04 Å². The van der Waals surface area contributed by atoms with Gasteiger partial charge in [-0.05, 0) is 40.7 Å². The fourth-order valence-corrected chi connectivity index (χ4v) is 2.25. The van der Waals surface area contributed by atoms with Crippen LogP contribution < -0.4 is 16.2 Å². The Morgan fingerprint density at radius 1 is 1.47 bits per heavy atom. The number of hydrogen-bond acceptors (Lipinski definition) is 4. The summed E-state index contributed by atoms with van der Waals surface area (Å²) in [4.78, 5) is 2.16. The third kappa shape index (κ3) is 4.63. The predicted octanol–water partition coefficient (Wildman–Crippen LogP) is 1.18. The topological polar surface area (TPSA) is 64.5 Å². The Morgan fingerprint density at radius 3 is 2.71 bits per heavy atom. The van der Waals surface area contributed by atoms with Crippen molar-refractivity contribution < 1.29 is 4.74 Å². The van der Waals surface area contributed by atoms with E-state index in [2.05, 4.69) is 26.9 Å². The van der Waals surface area contributed by atoms with Crippen LogP contribution in [0.2, 0.25) is 0 Å². The molecule has 96 valence electrons. The highest BCUT2D eigenvalue weighted by molar-refractivity contribution is 9.10. The zero-order chi connectivity index (χ0) is 12.8. The fraction of sp³-hybridized carbons (Fsp3) is 0.500. The molecule has 0 heterocycles. The first kappa shape index (κ1) is 14.4. The Kier molecular flexibility index (Phi) is 5.91. The lowest BCUT2D eigenvalue weighted by Crippen LogP contribution is -2.40. The van der Waals surface area contributed by atoms with Crippen LogP contribution in [0.3, 0.4) is 0 Å². The van der Waals surface area contributed by atoms with Crippen molar-refractivity contribution in [2.24, 2.45) is 11.5 Å². The Bertz CT molecular complexity index is 360. The second-order valence-electron chi connectivity index (χ2n) is 4.16. The molecule has 1 unspecified atom stereocenters. The molecule has 0 aliphatic heterocycles. The predicted molar refractivity (Wildman–Crippen MR) is 74.1 cm³/mol. The van der Waals surface area contributed by atoms with E-state index in [4.69, 9.17) is 16.2 Å². The van der Waals surface area contributed by atoms with E-state index < -0.39 is 0 Å². The highest BCUT2D eigenvalue weighted by Crippen LogP contribution is 2.25. The van der Waals surface area contributed by atoms with Crippen LogP contribution in [0.15, 0.2) is 22.7 Å². The van der Waals surface area contributed by atoms with Gasteiger partial charge in [-0.15, -0.1) is 0 Å². The zero-order valence-corrected chi connectivity index (χ0v) is 11.9. The number of nitrogens with two attached hydrogens (primary N) is 2. The SMILES string of the molecule is COc1ccc(CN(C)CC(N)CN)cc1Br. The first-order valence-corrected chi connectivity index (χ1v) is 6.32. The molecule has 0 spiro atoms. The van der Waals surface area contributed by atoms with E-state index in [1.165, 1.54) is 5.56 Å². The molecule has 0 fully saturated rings. The average Bonchev–Trinajstić information content (AvgIpc) is 2.29. The van der Waals surface area contributed by atoms with Crippen molar-refractivity contribution >= 4 is 15.9 Å². The molecule has 0 saturated heterocycles. The first-order chi connectivity index (χ1) is 8.06. The molecule has 1 atom stereocenters. The molecular weight excluding hydrogens is 282 g/mol. The normalized spacial score (nSPS) is 12.8. The lowest BCUT2D eigenvalue weighted by Gasteiger charge is -2.20. The van der Waals surface area contributed by atoms with Gasteiger partial charge in [0.05, 0.1) is 11.6 Å². The van der Waals surface area contributed by atoms with Crippen LogP contribution in [-0.4, -0.2) is 38.2 Å². The highest BCUT2D eigenvalue weighted by Gasteiger charge is 2.07. The van der Waals surface area contributed by atoms with E-state index in [1.807, 2.05) is 19.2 Å². The van der Waals surface area contributed by atoms with Crippen molar-refractivity contribution in [2.75, 3.05) is 27.2 Å². The number of methoxy groups -OCH3 is 1. The number of ether oxygens (including phenoxy) is 1. The van der Waals surface area contributed by atoms with E-state index >= 15 is 0 Å². The fourth-order valence-electron chi connectivity index (χ4n) is 1.66. The summed E-state index contributed by atoms with van der Waals surface area (Å²) in [5.41, 5.74) is 12.5. The van der Waals surface area contributed by atoms with Crippen molar-refractivity contribution in [3.8, 4) is 5.75 Å². The minimum absolute atomic E-state index is 0.0293. The van der Waals surface area contributed by atoms with Crippen LogP contribution in [-0.2, 0) is 6.54 Å². The molecule has 17 heavy (non-hydrogen) atoms. The maximum absolute atomic E-state index is 5.81. The number of rotatable bonds is 6. The summed E-state index contributed by atoms with van der Waals surface area (Å²) < 4.78 is 6.16. The maximum Gasteiger partial charge on any atom is 0.133 e. The molecule has 0 amide bonds. The Morgan fingerprint density at radius 2 is 2.18 bits per heavy atom. The van der Waals surface area contributed by atoms with Gasteiger partial charge in [-0.1, -0.05) is 6.07 Å². The lowest BCUT2D eigenvalue weighted by atomic mass is 10.2. The zero-order valence-electron chi connectivity index (χ0n) is 10.3. The van der Waals surface area contributed by atoms with E-state index in [0.717, 1.165) is 23.3 Å². The molecule has 0 bridgehead atoms. The minimum Gasteiger partial charge on any atom is -0.496 e. The molecule has 4 N–H and O–H groups in total. The second-order valence-corrected chi connectivity index (χ2v) is 5.02. The Labute approximate surface area is 111 Å². The van der Waals surface area contributed by atoms with Gasteiger partial charge in [0.2, 0.25) is 0 Å². The number of likely N-dealkylation sites (N-methyl/N-ethyl adjacent to an activating group) is 1. The molecule has 0 aliphatic carbocycles. The first-order valence-electron chi connectivity index (χ1n) is 5.53. The third-order valence-electron chi connectivity index (χ3n) is 2.52. The van der Waals surface area contributed by atoms with Gasteiger partial charge < -0.3 is 21.1 Å². The van der Waals surface area contributed by atoms with Gasteiger partial charge in [-0.2, -0.15) is 0 Å². The number of benzene rings is 1. The second kappa shape index (κ2) is 6.96. The summed E-state index contributed by atoms with van der Waals surface area (Å²) in [5, 5.41) is 0. The largest absolute Gasteiger partial charge is 0.496 e. The molecule has 0 aliphatic rings. The van der Waals surface area contributed by atoms with Crippen LogP contribution >= 0.6 is 15.9 Å². The van der Waals surface area contributed by atoms with Crippen LogP contribution in [0, 0.1) is 0 Å². The van der Waals surface area contributed by atoms with E-state index in [1.54, 1.807) is 7.11 Å². The lowest BCUT2D eigenvalue weighted by molar-refractivity contribution is 0.305. The molecule has 0 saturated carbocycles. The molecule has 1 aromatic rings. The van der Waals surface area contributed by atoms with E-state index in [9.17, 15) is 0 Å². The summed E-state index contributed by atoms with van der Waals surface area (Å²) in [6, 6.07) is 6.09. The van der Waals surface area contributed by atoms with Crippen LogP contribution in [0.4, 0.5) is 0 Å². The molecule has 5 heteroatoms. The van der Waals surface area contributed by atoms with Crippen LogP contribution in [0.5, 0.6) is 5.75 Å². The van der Waals surface area contributed by atoms with Crippen molar-refractivity contribution in [3.63, 3.8) is 0 Å². The van der Waals surface area contributed by atoms with Crippen molar-refractivity contribution in [1.82, 2.24) is 4.90 Å². The summed E-state index contributed by atoms with van der Waals surface area (Å²) in [6.45, 7) is 2.15. The summed E-state index contributed by atoms with van der Waals surface area (Å²) in [5.74, 6) is 0.843. The quantitative estimate of drug-likeness (QED) is 0.828. The Balaban J connectivity index is 2.59. The van der Waals surface area contributed by atoms with Gasteiger partial charge in [-0.3, -0.25) is 0 Å². The molecular formula is C12H20BrN3O. The van der Waals surface area contributed by atoms with E-state index in [0.29, 0.717) is 6.54 Å². The van der Waals surface area contributed by atoms with Gasteiger partial charge >= 0.3 is 0 Å². The molecule has 1 rings (SSSR count). The van der Waals surface area contributed by atoms with Gasteiger partial charge in [0.15, 0.2) is 0 Å². The minimum atomic E-state index is 0.0293. The van der Waals surface area contributed by atoms with Gasteiger partial charge in [0.25, 0.3) is 0 Å². The number of halogens is 1. The van der Waals surface area contributed by atoms with Gasteiger partial charge in [-0.25, -0.2) is 0 Å². The van der Waals surface area contributed by atoms with Crippen molar-refractivity contribution in [1.29, 1.82) is 0 Å². The standard InChI is InChI=1S/C12H20BrN3O/c1-16(8-10(15)6-14)7-9-3-4-12(17-2)11(13)5-9/h3-5,10H,6-8,14-15H2,1-2H3. The summed E-state index contributed by atoms with van der Waals surface area (Å²) in [6.07, 6.45) is 0. The summed E-state index contributed by atoms with van der Waals surface area (Å²) in [7, 11) is 3.69. The number of hydrogen-bond donors (Lipinski definition) is 2. The molecule has 4 nitrogen and oxygen atoms in total. The van der Waals surface area contributed by atoms with Crippen LogP contribution in [0.25, 0.3) is 0 Å². The molecule has 0 radical (unpaired) electrons. The van der Waals surface area contributed by atoms with Crippen molar-refractivity contribution in [2.45, 2.75) is 12.6 Å². The highest BCUT2D eigenvalue weighted by atomic mass is 79.9. The third-order valence-corrected chi connectivity index (χ3v) is 3.14. The summed E-state index contributed by atoms with van der Waals surface area (Å²) >= 11 is 3.47. The van der Waals surface area contributed by atoms with Crippen molar-refractivity contribution in [3.05, 3.63) is 28.2 Å².